The number of benzene rings is 2. The van der Waals surface area contributed by atoms with Crippen LogP contribution in [0.3, 0.4) is 0 Å². The normalized spacial score (nSPS) is 11.2. The maximum Gasteiger partial charge on any atom is 0.146 e. The van der Waals surface area contributed by atoms with E-state index in [0.717, 1.165) is 15.8 Å². The maximum atomic E-state index is 10.1. The molecule has 0 spiro atoms. The molecule has 1 aromatic heterocycles. The van der Waals surface area contributed by atoms with E-state index in [1.54, 1.807) is 0 Å². The Morgan fingerprint density at radius 2 is 1.85 bits per heavy atom. The predicted octanol–water partition coefficient (Wildman–Crippen LogP) is 5.94. The fourth-order valence-electron chi connectivity index (χ4n) is 1.92. The smallest absolute Gasteiger partial charge is 0.146 e. The number of nitrogens with zero attached hydrogens (tertiary/aromatic N) is 1. The van der Waals surface area contributed by atoms with Crippen molar-refractivity contribution in [2.24, 2.45) is 0 Å². The van der Waals surface area contributed by atoms with Crippen molar-refractivity contribution >= 4 is 56.4 Å². The van der Waals surface area contributed by atoms with E-state index in [1.807, 2.05) is 25.1 Å². The Labute approximate surface area is 134 Å². The van der Waals surface area contributed by atoms with E-state index in [9.17, 15) is 5.11 Å². The van der Waals surface area contributed by atoms with Gasteiger partial charge in [0.25, 0.3) is 0 Å². The zero-order valence-electron chi connectivity index (χ0n) is 10.2. The number of hydrogen-bond donors (Lipinski definition) is 1. The Morgan fingerprint density at radius 3 is 2.60 bits per heavy atom. The summed E-state index contributed by atoms with van der Waals surface area (Å²) in [4.78, 5) is 4.48. The van der Waals surface area contributed by atoms with Crippen molar-refractivity contribution in [3.63, 3.8) is 0 Å². The van der Waals surface area contributed by atoms with Crippen LogP contribution >= 0.6 is 46.1 Å². The fourth-order valence-corrected chi connectivity index (χ4v) is 3.79. The molecular formula is C14H8Cl3NOS. The van der Waals surface area contributed by atoms with Gasteiger partial charge in [0.15, 0.2) is 0 Å². The van der Waals surface area contributed by atoms with E-state index >= 15 is 0 Å². The van der Waals surface area contributed by atoms with Gasteiger partial charge >= 0.3 is 0 Å². The fraction of sp³-hybridized carbons (Fsp3) is 0.0714. The highest BCUT2D eigenvalue weighted by Crippen LogP contribution is 2.46. The average molecular weight is 345 g/mol. The summed E-state index contributed by atoms with van der Waals surface area (Å²) in [6.07, 6.45) is 0. The zero-order valence-corrected chi connectivity index (χ0v) is 13.3. The Balaban J connectivity index is 2.30. The molecule has 2 nitrogen and oxygen atoms in total. The third-order valence-corrected chi connectivity index (χ3v) is 5.01. The number of thiazole rings is 1. The Morgan fingerprint density at radius 1 is 1.10 bits per heavy atom. The van der Waals surface area contributed by atoms with Gasteiger partial charge in [0.2, 0.25) is 0 Å². The van der Waals surface area contributed by atoms with Crippen molar-refractivity contribution in [3.8, 4) is 16.3 Å². The van der Waals surface area contributed by atoms with Gasteiger partial charge in [-0.2, -0.15) is 0 Å². The molecule has 0 unspecified atom stereocenters. The molecule has 3 rings (SSSR count). The molecular weight excluding hydrogens is 337 g/mol. The minimum absolute atomic E-state index is 0.100. The maximum absolute atomic E-state index is 10.1. The van der Waals surface area contributed by atoms with Crippen LogP contribution in [0, 0.1) is 6.92 Å². The third kappa shape index (κ3) is 2.25. The van der Waals surface area contributed by atoms with Gasteiger partial charge in [-0.05, 0) is 30.7 Å². The molecule has 6 heteroatoms. The number of fused-ring (bicyclic) bond motifs is 1. The summed E-state index contributed by atoms with van der Waals surface area (Å²) in [5.41, 5.74) is 2.37. The molecule has 0 saturated carbocycles. The summed E-state index contributed by atoms with van der Waals surface area (Å²) in [5.74, 6) is -0.100. The van der Waals surface area contributed by atoms with E-state index in [4.69, 9.17) is 34.8 Å². The van der Waals surface area contributed by atoms with Gasteiger partial charge in [-0.25, -0.2) is 4.98 Å². The van der Waals surface area contributed by atoms with Gasteiger partial charge in [-0.1, -0.05) is 40.9 Å². The van der Waals surface area contributed by atoms with Crippen molar-refractivity contribution in [2.75, 3.05) is 0 Å². The molecule has 0 saturated heterocycles. The second kappa shape index (κ2) is 5.08. The standard InChI is InChI=1S/C14H8Cl3NOS/c1-6-2-3-9-10(4-6)20-14(18-9)11-12(17)7(15)5-8(16)13(11)19/h2-5,19H,1H3. The van der Waals surface area contributed by atoms with Crippen LogP contribution in [0.15, 0.2) is 24.3 Å². The monoisotopic (exact) mass is 343 g/mol. The quantitative estimate of drug-likeness (QED) is 0.554. The molecule has 0 bridgehead atoms. The van der Waals surface area contributed by atoms with Gasteiger partial charge in [0, 0.05) is 0 Å². The van der Waals surface area contributed by atoms with E-state index in [2.05, 4.69) is 4.98 Å². The average Bonchev–Trinajstić information content (AvgIpc) is 2.79. The van der Waals surface area contributed by atoms with Crippen molar-refractivity contribution in [3.05, 3.63) is 44.9 Å². The third-order valence-electron chi connectivity index (χ3n) is 2.90. The second-order valence-electron chi connectivity index (χ2n) is 4.37. The van der Waals surface area contributed by atoms with Crippen molar-refractivity contribution in [1.29, 1.82) is 0 Å². The molecule has 3 aromatic rings. The highest BCUT2D eigenvalue weighted by atomic mass is 35.5. The van der Waals surface area contributed by atoms with Gasteiger partial charge < -0.3 is 5.11 Å². The Hall–Kier alpha value is -1.000. The number of aromatic nitrogens is 1. The topological polar surface area (TPSA) is 33.1 Å². The van der Waals surface area contributed by atoms with Crippen LogP contribution in [-0.2, 0) is 0 Å². The molecule has 0 amide bonds. The van der Waals surface area contributed by atoms with Crippen molar-refractivity contribution < 1.29 is 5.11 Å². The highest BCUT2D eigenvalue weighted by molar-refractivity contribution is 7.21. The predicted molar refractivity (Wildman–Crippen MR) is 86.5 cm³/mol. The first-order valence-electron chi connectivity index (χ1n) is 5.71. The Bertz CT molecular complexity index is 803. The summed E-state index contributed by atoms with van der Waals surface area (Å²) in [7, 11) is 0. The second-order valence-corrected chi connectivity index (χ2v) is 6.59. The van der Waals surface area contributed by atoms with Crippen LogP contribution in [0.2, 0.25) is 15.1 Å². The van der Waals surface area contributed by atoms with Crippen LogP contribution in [-0.4, -0.2) is 10.1 Å². The molecule has 20 heavy (non-hydrogen) atoms. The van der Waals surface area contributed by atoms with E-state index in [0.29, 0.717) is 15.6 Å². The summed E-state index contributed by atoms with van der Waals surface area (Å²) < 4.78 is 1.02. The summed E-state index contributed by atoms with van der Waals surface area (Å²) >= 11 is 19.6. The lowest BCUT2D eigenvalue weighted by molar-refractivity contribution is 0.477. The molecule has 0 aliphatic carbocycles. The van der Waals surface area contributed by atoms with E-state index in [-0.39, 0.29) is 15.8 Å². The number of phenolic OH excluding ortho intramolecular Hbond substituents is 1. The van der Waals surface area contributed by atoms with Gasteiger partial charge in [-0.3, -0.25) is 0 Å². The molecule has 0 radical (unpaired) electrons. The molecule has 1 heterocycles. The molecule has 0 aliphatic rings. The number of halogens is 3. The molecule has 1 N–H and O–H groups in total. The highest BCUT2D eigenvalue weighted by Gasteiger charge is 2.19. The molecule has 0 fully saturated rings. The minimum Gasteiger partial charge on any atom is -0.506 e. The lowest BCUT2D eigenvalue weighted by atomic mass is 10.2. The van der Waals surface area contributed by atoms with Gasteiger partial charge in [0.1, 0.15) is 10.8 Å². The SMILES string of the molecule is Cc1ccc2nc(-c3c(O)c(Cl)cc(Cl)c3Cl)sc2c1. The first-order chi connectivity index (χ1) is 9.47. The molecule has 2 aromatic carbocycles. The molecule has 0 aliphatic heterocycles. The first kappa shape index (κ1) is 14.0. The lowest BCUT2D eigenvalue weighted by Gasteiger charge is -2.07. The van der Waals surface area contributed by atoms with Crippen LogP contribution in [0.4, 0.5) is 0 Å². The largest absolute Gasteiger partial charge is 0.506 e. The van der Waals surface area contributed by atoms with Crippen LogP contribution in [0.5, 0.6) is 5.75 Å². The van der Waals surface area contributed by atoms with Gasteiger partial charge in [-0.15, -0.1) is 11.3 Å². The number of aryl methyl sites for hydroxylation is 1. The number of phenols is 1. The molecule has 102 valence electrons. The molecule has 0 atom stereocenters. The first-order valence-corrected chi connectivity index (χ1v) is 7.66. The number of hydrogen-bond acceptors (Lipinski definition) is 3. The van der Waals surface area contributed by atoms with E-state index in [1.165, 1.54) is 17.4 Å². The summed E-state index contributed by atoms with van der Waals surface area (Å²) in [6, 6.07) is 7.37. The van der Waals surface area contributed by atoms with Crippen LogP contribution in [0.25, 0.3) is 20.8 Å². The summed E-state index contributed by atoms with van der Waals surface area (Å²) in [6.45, 7) is 2.01. The van der Waals surface area contributed by atoms with Crippen LogP contribution in [0.1, 0.15) is 5.56 Å². The zero-order chi connectivity index (χ0) is 14.4. The van der Waals surface area contributed by atoms with Gasteiger partial charge in [0.05, 0.1) is 30.8 Å². The van der Waals surface area contributed by atoms with Crippen molar-refractivity contribution in [2.45, 2.75) is 6.92 Å². The number of rotatable bonds is 1. The number of aromatic hydroxyl groups is 1. The Kier molecular flexibility index (Phi) is 3.55. The van der Waals surface area contributed by atoms with Crippen molar-refractivity contribution in [1.82, 2.24) is 4.98 Å². The lowest BCUT2D eigenvalue weighted by Crippen LogP contribution is -1.83. The van der Waals surface area contributed by atoms with Crippen LogP contribution < -0.4 is 0 Å². The van der Waals surface area contributed by atoms with E-state index < -0.39 is 0 Å². The minimum atomic E-state index is -0.100. The summed E-state index contributed by atoms with van der Waals surface area (Å²) in [5, 5.41) is 11.4.